The smallest absolute Gasteiger partial charge is 0.148 e. The van der Waals surface area contributed by atoms with Crippen LogP contribution in [-0.2, 0) is 7.05 Å². The van der Waals surface area contributed by atoms with Crippen LogP contribution in [0.2, 0.25) is 0 Å². The number of hydrogen-bond acceptors (Lipinski definition) is 5. The fourth-order valence-corrected chi connectivity index (χ4v) is 1.54. The van der Waals surface area contributed by atoms with Crippen molar-refractivity contribution in [3.63, 3.8) is 0 Å². The molecule has 0 atom stereocenters. The van der Waals surface area contributed by atoms with Crippen LogP contribution in [0.3, 0.4) is 0 Å². The van der Waals surface area contributed by atoms with Crippen molar-refractivity contribution in [2.45, 2.75) is 13.8 Å². The molecule has 2 rings (SSSR count). The third-order valence-corrected chi connectivity index (χ3v) is 2.76. The molecule has 2 aromatic heterocycles. The van der Waals surface area contributed by atoms with Gasteiger partial charge in [-0.3, -0.25) is 4.68 Å². The number of aryl methyl sites for hydroxylation is 1. The quantitative estimate of drug-likeness (QED) is 0.902. The highest BCUT2D eigenvalue weighted by Crippen LogP contribution is 2.17. The van der Waals surface area contributed by atoms with E-state index in [1.165, 1.54) is 0 Å². The standard InChI is InChI=1S/C13H16N6/c1-13(2,8-14)9-15-12-5-4-10(17-18-12)11-6-7-16-19(11)3/h4-7H,9H2,1-3H3,(H,15,18). The van der Waals surface area contributed by atoms with Gasteiger partial charge in [-0.15, -0.1) is 10.2 Å². The number of aromatic nitrogens is 4. The highest BCUT2D eigenvalue weighted by atomic mass is 15.3. The molecule has 0 fully saturated rings. The molecular weight excluding hydrogens is 240 g/mol. The lowest BCUT2D eigenvalue weighted by Gasteiger charge is -2.15. The van der Waals surface area contributed by atoms with Crippen molar-refractivity contribution in [2.24, 2.45) is 12.5 Å². The van der Waals surface area contributed by atoms with E-state index in [9.17, 15) is 0 Å². The molecule has 1 N–H and O–H groups in total. The first kappa shape index (κ1) is 13.0. The SMILES string of the molecule is Cn1nccc1-c1ccc(NCC(C)(C)C#N)nn1. The van der Waals surface area contributed by atoms with Crippen LogP contribution in [0, 0.1) is 16.7 Å². The molecule has 0 aliphatic rings. The molecule has 0 aliphatic carbocycles. The first-order valence-electron chi connectivity index (χ1n) is 5.99. The van der Waals surface area contributed by atoms with E-state index in [0.717, 1.165) is 11.4 Å². The summed E-state index contributed by atoms with van der Waals surface area (Å²) >= 11 is 0. The number of hydrogen-bond donors (Lipinski definition) is 1. The van der Waals surface area contributed by atoms with Gasteiger partial charge < -0.3 is 5.32 Å². The van der Waals surface area contributed by atoms with Crippen molar-refractivity contribution in [2.75, 3.05) is 11.9 Å². The van der Waals surface area contributed by atoms with E-state index in [1.807, 2.05) is 39.1 Å². The lowest BCUT2D eigenvalue weighted by Crippen LogP contribution is -2.21. The fraction of sp³-hybridized carbons (Fsp3) is 0.385. The van der Waals surface area contributed by atoms with E-state index in [4.69, 9.17) is 5.26 Å². The van der Waals surface area contributed by atoms with E-state index in [2.05, 4.69) is 26.7 Å². The molecule has 19 heavy (non-hydrogen) atoms. The molecule has 0 amide bonds. The Morgan fingerprint density at radius 2 is 2.11 bits per heavy atom. The van der Waals surface area contributed by atoms with Crippen LogP contribution in [0.15, 0.2) is 24.4 Å². The second-order valence-electron chi connectivity index (χ2n) is 4.99. The van der Waals surface area contributed by atoms with Crippen molar-refractivity contribution >= 4 is 5.82 Å². The predicted molar refractivity (Wildman–Crippen MR) is 72.1 cm³/mol. The normalized spacial score (nSPS) is 11.1. The van der Waals surface area contributed by atoms with Crippen LogP contribution in [0.4, 0.5) is 5.82 Å². The van der Waals surface area contributed by atoms with E-state index in [0.29, 0.717) is 12.4 Å². The second kappa shape index (κ2) is 5.06. The van der Waals surface area contributed by atoms with E-state index in [1.54, 1.807) is 10.9 Å². The van der Waals surface area contributed by atoms with Crippen molar-refractivity contribution in [3.8, 4) is 17.5 Å². The van der Waals surface area contributed by atoms with Gasteiger partial charge in [0.15, 0.2) is 0 Å². The summed E-state index contributed by atoms with van der Waals surface area (Å²) in [7, 11) is 1.86. The summed E-state index contributed by atoms with van der Waals surface area (Å²) in [6, 6.07) is 7.85. The maximum atomic E-state index is 8.94. The van der Waals surface area contributed by atoms with Gasteiger partial charge in [-0.25, -0.2) is 0 Å². The molecule has 0 aromatic carbocycles. The minimum Gasteiger partial charge on any atom is -0.367 e. The number of nitrogens with one attached hydrogen (secondary N) is 1. The van der Waals surface area contributed by atoms with Crippen LogP contribution in [-0.4, -0.2) is 26.5 Å². The summed E-state index contributed by atoms with van der Waals surface area (Å²) in [5, 5.41) is 24.4. The van der Waals surface area contributed by atoms with Crippen LogP contribution in [0.25, 0.3) is 11.4 Å². The minimum atomic E-state index is -0.428. The monoisotopic (exact) mass is 256 g/mol. The largest absolute Gasteiger partial charge is 0.367 e. The Labute approximate surface area is 112 Å². The first-order chi connectivity index (χ1) is 9.02. The van der Waals surface area contributed by atoms with Gasteiger partial charge in [0.25, 0.3) is 0 Å². The minimum absolute atomic E-state index is 0.428. The van der Waals surface area contributed by atoms with Crippen LogP contribution in [0.1, 0.15) is 13.8 Å². The molecule has 2 heterocycles. The van der Waals surface area contributed by atoms with Crippen LogP contribution in [0.5, 0.6) is 0 Å². The predicted octanol–water partition coefficient (Wildman–Crippen LogP) is 1.84. The highest BCUT2D eigenvalue weighted by Gasteiger charge is 2.16. The van der Waals surface area contributed by atoms with Gasteiger partial charge in [0.1, 0.15) is 11.5 Å². The van der Waals surface area contributed by atoms with Crippen LogP contribution >= 0.6 is 0 Å². The summed E-state index contributed by atoms with van der Waals surface area (Å²) in [5.41, 5.74) is 1.25. The molecule has 0 bridgehead atoms. The summed E-state index contributed by atoms with van der Waals surface area (Å²) in [6.45, 7) is 4.28. The summed E-state index contributed by atoms with van der Waals surface area (Å²) in [4.78, 5) is 0. The van der Waals surface area contributed by atoms with Gasteiger partial charge in [-0.2, -0.15) is 10.4 Å². The molecular formula is C13H16N6. The van der Waals surface area contributed by atoms with Crippen molar-refractivity contribution in [1.29, 1.82) is 5.26 Å². The summed E-state index contributed by atoms with van der Waals surface area (Å²) in [6.07, 6.45) is 1.72. The Balaban J connectivity index is 2.08. The van der Waals surface area contributed by atoms with Gasteiger partial charge in [-0.05, 0) is 32.0 Å². The second-order valence-corrected chi connectivity index (χ2v) is 4.99. The maximum absolute atomic E-state index is 8.94. The average molecular weight is 256 g/mol. The van der Waals surface area contributed by atoms with E-state index < -0.39 is 5.41 Å². The topological polar surface area (TPSA) is 79.4 Å². The molecule has 2 aromatic rings. The zero-order valence-electron chi connectivity index (χ0n) is 11.3. The lowest BCUT2D eigenvalue weighted by atomic mass is 9.96. The Bertz CT molecular complexity index is 590. The molecule has 0 unspecified atom stereocenters. The molecule has 0 aliphatic heterocycles. The first-order valence-corrected chi connectivity index (χ1v) is 5.99. The molecule has 98 valence electrons. The molecule has 6 nitrogen and oxygen atoms in total. The third kappa shape index (κ3) is 3.07. The number of nitriles is 1. The number of anilines is 1. The van der Waals surface area contributed by atoms with Gasteiger partial charge >= 0.3 is 0 Å². The molecule has 0 saturated carbocycles. The Morgan fingerprint density at radius 1 is 1.32 bits per heavy atom. The summed E-state index contributed by atoms with van der Waals surface area (Å²) in [5.74, 6) is 0.661. The van der Waals surface area contributed by atoms with E-state index >= 15 is 0 Å². The fourth-order valence-electron chi connectivity index (χ4n) is 1.54. The molecule has 0 spiro atoms. The van der Waals surface area contributed by atoms with Crippen molar-refractivity contribution < 1.29 is 0 Å². The molecule has 0 radical (unpaired) electrons. The van der Waals surface area contributed by atoms with E-state index in [-0.39, 0.29) is 0 Å². The highest BCUT2D eigenvalue weighted by molar-refractivity contribution is 5.54. The van der Waals surface area contributed by atoms with Gasteiger partial charge in [0.2, 0.25) is 0 Å². The molecule has 6 heteroatoms. The number of nitrogens with zero attached hydrogens (tertiary/aromatic N) is 5. The maximum Gasteiger partial charge on any atom is 0.148 e. The van der Waals surface area contributed by atoms with Gasteiger partial charge in [0.05, 0.1) is 17.2 Å². The van der Waals surface area contributed by atoms with Gasteiger partial charge in [0, 0.05) is 19.8 Å². The Hall–Kier alpha value is -2.42. The molecule has 0 saturated heterocycles. The Morgan fingerprint density at radius 3 is 2.63 bits per heavy atom. The lowest BCUT2D eigenvalue weighted by molar-refractivity contribution is 0.527. The average Bonchev–Trinajstić information content (AvgIpc) is 2.83. The zero-order chi connectivity index (χ0) is 13.9. The van der Waals surface area contributed by atoms with Crippen LogP contribution < -0.4 is 5.32 Å². The number of rotatable bonds is 4. The Kier molecular flexibility index (Phi) is 3.47. The third-order valence-electron chi connectivity index (χ3n) is 2.76. The summed E-state index contributed by atoms with van der Waals surface area (Å²) < 4.78 is 1.75. The zero-order valence-corrected chi connectivity index (χ0v) is 11.3. The van der Waals surface area contributed by atoms with Crippen molar-refractivity contribution in [3.05, 3.63) is 24.4 Å². The van der Waals surface area contributed by atoms with Gasteiger partial charge in [-0.1, -0.05) is 0 Å². The van der Waals surface area contributed by atoms with Crippen molar-refractivity contribution in [1.82, 2.24) is 20.0 Å².